The van der Waals surface area contributed by atoms with Gasteiger partial charge in [-0.2, -0.15) is 13.5 Å². The first-order chi connectivity index (χ1) is 11.6. The van der Waals surface area contributed by atoms with Crippen LogP contribution in [-0.2, 0) is 29.3 Å². The van der Waals surface area contributed by atoms with Gasteiger partial charge in [-0.1, -0.05) is 18.2 Å². The minimum absolute atomic E-state index is 0.281. The molecular formula is C14H12N2O8S. The second kappa shape index (κ2) is 6.93. The number of nitrogens with zero attached hydrogens (tertiary/aromatic N) is 2. The first-order valence-electron chi connectivity index (χ1n) is 6.76. The van der Waals surface area contributed by atoms with E-state index in [4.69, 9.17) is 9.76 Å². The van der Waals surface area contributed by atoms with Gasteiger partial charge in [0, 0.05) is 12.2 Å². The van der Waals surface area contributed by atoms with Crippen molar-refractivity contribution in [1.82, 2.24) is 5.06 Å². The lowest BCUT2D eigenvalue weighted by Crippen LogP contribution is -2.32. The average Bonchev–Trinajstić information content (AvgIpc) is 3.02. The van der Waals surface area contributed by atoms with E-state index in [1.165, 1.54) is 12.2 Å². The van der Waals surface area contributed by atoms with Crippen molar-refractivity contribution in [1.29, 1.82) is 0 Å². The molecule has 0 spiro atoms. The van der Waals surface area contributed by atoms with E-state index in [-0.39, 0.29) is 16.9 Å². The molecule has 1 aromatic carbocycles. The largest absolute Gasteiger partial charge is 0.285 e. The summed E-state index contributed by atoms with van der Waals surface area (Å²) in [6, 6.07) is 8.86. The van der Waals surface area contributed by atoms with Crippen LogP contribution in [0.5, 0.6) is 0 Å². The molecule has 3 rings (SSSR count). The Morgan fingerprint density at radius 2 is 1.48 bits per heavy atom. The summed E-state index contributed by atoms with van der Waals surface area (Å²) in [4.78, 5) is 44.7. The van der Waals surface area contributed by atoms with Gasteiger partial charge in [0.1, 0.15) is 0 Å². The fraction of sp³-hybridized carbons (Fsp3) is 0.143. The van der Waals surface area contributed by atoms with Crippen molar-refractivity contribution in [3.63, 3.8) is 0 Å². The number of rotatable bonds is 2. The number of carbonyl (C=O) groups excluding carboxylic acids is 4. The van der Waals surface area contributed by atoms with Crippen LogP contribution in [0, 0.1) is 0 Å². The number of benzene rings is 1. The molecule has 2 aliphatic heterocycles. The van der Waals surface area contributed by atoms with E-state index in [0.29, 0.717) is 5.69 Å². The maximum absolute atomic E-state index is 11.2. The molecule has 25 heavy (non-hydrogen) atoms. The second-order valence-corrected chi connectivity index (χ2v) is 6.53. The van der Waals surface area contributed by atoms with Gasteiger partial charge >= 0.3 is 0 Å². The Bertz CT molecular complexity index is 844. The van der Waals surface area contributed by atoms with E-state index < -0.39 is 33.6 Å². The highest BCUT2D eigenvalue weighted by molar-refractivity contribution is 7.87. The summed E-state index contributed by atoms with van der Waals surface area (Å²) in [6.45, 7) is 0. The van der Waals surface area contributed by atoms with E-state index >= 15 is 0 Å². The van der Waals surface area contributed by atoms with Gasteiger partial charge in [0.2, 0.25) is 0 Å². The summed E-state index contributed by atoms with van der Waals surface area (Å²) in [5.41, 5.74) is 0.613. The van der Waals surface area contributed by atoms with Crippen molar-refractivity contribution in [2.24, 2.45) is 0 Å². The van der Waals surface area contributed by atoms with Crippen molar-refractivity contribution < 1.29 is 37.4 Å². The Balaban J connectivity index is 0.000000181. The molecular weight excluding hydrogens is 356 g/mol. The van der Waals surface area contributed by atoms with Crippen LogP contribution in [0.3, 0.4) is 0 Å². The Morgan fingerprint density at radius 3 is 1.84 bits per heavy atom. The Hall–Kier alpha value is -2.89. The molecule has 1 unspecified atom stereocenters. The lowest BCUT2D eigenvalue weighted by atomic mass is 10.3. The molecule has 1 fully saturated rings. The molecule has 0 saturated carbocycles. The topological polar surface area (TPSA) is 149 Å². The molecule has 11 heteroatoms. The molecule has 1 saturated heterocycles. The minimum atomic E-state index is -4.59. The molecule has 10 nitrogen and oxygen atoms in total. The lowest BCUT2D eigenvalue weighted by Gasteiger charge is -2.12. The van der Waals surface area contributed by atoms with E-state index in [1.807, 2.05) is 6.07 Å². The van der Waals surface area contributed by atoms with Crippen LogP contribution in [-0.4, -0.2) is 52.1 Å². The molecule has 1 aromatic rings. The summed E-state index contributed by atoms with van der Waals surface area (Å²) in [7, 11) is -4.59. The molecule has 2 aliphatic rings. The Kier molecular flexibility index (Phi) is 5.11. The van der Waals surface area contributed by atoms with Gasteiger partial charge in [0.15, 0.2) is 5.25 Å². The predicted octanol–water partition coefficient (Wildman–Crippen LogP) is -0.493. The van der Waals surface area contributed by atoms with Crippen LogP contribution in [0.25, 0.3) is 0 Å². The van der Waals surface area contributed by atoms with E-state index in [9.17, 15) is 27.6 Å². The molecule has 2 heterocycles. The molecule has 1 atom stereocenters. The van der Waals surface area contributed by atoms with Gasteiger partial charge in [0.25, 0.3) is 33.7 Å². The van der Waals surface area contributed by atoms with Gasteiger partial charge in [0.05, 0.1) is 12.1 Å². The average molecular weight is 368 g/mol. The predicted molar refractivity (Wildman–Crippen MR) is 81.7 cm³/mol. The van der Waals surface area contributed by atoms with E-state index in [2.05, 4.69) is 0 Å². The maximum atomic E-state index is 11.2. The normalized spacial score (nSPS) is 20.2. The van der Waals surface area contributed by atoms with Crippen LogP contribution >= 0.6 is 0 Å². The van der Waals surface area contributed by atoms with Crippen LogP contribution < -0.4 is 4.90 Å². The highest BCUT2D eigenvalue weighted by atomic mass is 32.2. The summed E-state index contributed by atoms with van der Waals surface area (Å²) < 4.78 is 29.1. The number of amides is 4. The van der Waals surface area contributed by atoms with Crippen LogP contribution in [0.2, 0.25) is 0 Å². The third-order valence-corrected chi connectivity index (χ3v) is 4.35. The summed E-state index contributed by atoms with van der Waals surface area (Å²) >= 11 is 0. The van der Waals surface area contributed by atoms with Gasteiger partial charge in [-0.05, 0) is 12.1 Å². The fourth-order valence-electron chi connectivity index (χ4n) is 2.06. The van der Waals surface area contributed by atoms with E-state index in [1.54, 1.807) is 24.3 Å². The summed E-state index contributed by atoms with van der Waals surface area (Å²) in [5.74, 6) is -2.92. The first kappa shape index (κ1) is 18.4. The smallest absolute Gasteiger partial charge is 0.277 e. The third-order valence-electron chi connectivity index (χ3n) is 3.26. The lowest BCUT2D eigenvalue weighted by molar-refractivity contribution is -0.171. The van der Waals surface area contributed by atoms with Gasteiger partial charge in [-0.25, -0.2) is 4.90 Å². The Morgan fingerprint density at radius 1 is 0.960 bits per heavy atom. The van der Waals surface area contributed by atoms with Crippen LogP contribution in [0.4, 0.5) is 5.69 Å². The number of carbonyl (C=O) groups is 4. The van der Waals surface area contributed by atoms with Crippen LogP contribution in [0.1, 0.15) is 6.42 Å². The number of para-hydroxylation sites is 1. The molecule has 0 bridgehead atoms. The Labute approximate surface area is 141 Å². The number of hydrogen-bond acceptors (Lipinski definition) is 7. The number of hydrogen-bond donors (Lipinski definition) is 2. The molecule has 132 valence electrons. The maximum Gasteiger partial charge on any atom is 0.277 e. The van der Waals surface area contributed by atoms with Crippen LogP contribution in [0.15, 0.2) is 42.5 Å². The molecule has 2 N–H and O–H groups in total. The zero-order valence-corrected chi connectivity index (χ0v) is 13.3. The van der Waals surface area contributed by atoms with Crippen molar-refractivity contribution in [3.05, 3.63) is 42.5 Å². The first-order valence-corrected chi connectivity index (χ1v) is 8.26. The highest BCUT2D eigenvalue weighted by Gasteiger charge is 2.45. The van der Waals surface area contributed by atoms with Crippen molar-refractivity contribution in [2.75, 3.05) is 4.90 Å². The van der Waals surface area contributed by atoms with Crippen molar-refractivity contribution in [3.8, 4) is 0 Å². The van der Waals surface area contributed by atoms with E-state index in [0.717, 1.165) is 4.90 Å². The highest BCUT2D eigenvalue weighted by Crippen LogP contribution is 2.18. The quantitative estimate of drug-likeness (QED) is 0.403. The van der Waals surface area contributed by atoms with Gasteiger partial charge in [-0.3, -0.25) is 28.9 Å². The zero-order valence-electron chi connectivity index (χ0n) is 12.5. The minimum Gasteiger partial charge on any atom is -0.285 e. The SMILES string of the molecule is O=C1C=CC(=O)N1c1ccccc1.O=C1CC(S(=O)(=O)O)C(=O)N1O. The molecule has 0 aromatic heterocycles. The standard InChI is InChI=1S/C10H7NO2.C4H5NO6S/c12-9-6-7-10(13)11(9)8-4-2-1-3-5-8;6-3-1-2(12(9,10)11)4(7)5(3)8/h1-7H;2,8H,1H2,(H,9,10,11). The molecule has 0 aliphatic carbocycles. The molecule has 4 amide bonds. The summed E-state index contributed by atoms with van der Waals surface area (Å²) in [5, 5.41) is 6.40. The molecule has 0 radical (unpaired) electrons. The van der Waals surface area contributed by atoms with Gasteiger partial charge in [-0.15, -0.1) is 0 Å². The monoisotopic (exact) mass is 368 g/mol. The third kappa shape index (κ3) is 3.96. The van der Waals surface area contributed by atoms with Gasteiger partial charge < -0.3 is 0 Å². The zero-order chi connectivity index (χ0) is 18.8. The summed E-state index contributed by atoms with van der Waals surface area (Å²) in [6.07, 6.45) is 1.83. The second-order valence-electron chi connectivity index (χ2n) is 4.93. The fourth-order valence-corrected chi connectivity index (χ4v) is 2.76. The van der Waals surface area contributed by atoms with Crippen molar-refractivity contribution >= 4 is 39.4 Å². The van der Waals surface area contributed by atoms with Crippen molar-refractivity contribution in [2.45, 2.75) is 11.7 Å². The number of imide groups is 2. The number of anilines is 1. The number of hydroxylamine groups is 2.